The summed E-state index contributed by atoms with van der Waals surface area (Å²) in [6.07, 6.45) is 2.45. The van der Waals surface area contributed by atoms with Gasteiger partial charge in [-0.2, -0.15) is 5.10 Å². The predicted molar refractivity (Wildman–Crippen MR) is 64.5 cm³/mol. The molecule has 17 heavy (non-hydrogen) atoms. The first-order valence-corrected chi connectivity index (χ1v) is 7.75. The van der Waals surface area contributed by atoms with Gasteiger partial charge in [-0.15, -0.1) is 0 Å². The van der Waals surface area contributed by atoms with Gasteiger partial charge in [0.15, 0.2) is 15.7 Å². The summed E-state index contributed by atoms with van der Waals surface area (Å²) < 4.78 is 22.9. The molecule has 0 aliphatic carbocycles. The zero-order chi connectivity index (χ0) is 12.3. The van der Waals surface area contributed by atoms with Gasteiger partial charge in [0.2, 0.25) is 0 Å². The minimum absolute atomic E-state index is 0.0452. The number of hydrogen-bond donors (Lipinski definition) is 2. The molecule has 0 spiro atoms. The van der Waals surface area contributed by atoms with Crippen molar-refractivity contribution in [2.75, 3.05) is 18.1 Å². The Morgan fingerprint density at radius 1 is 1.47 bits per heavy atom. The van der Waals surface area contributed by atoms with Crippen molar-refractivity contribution in [1.82, 2.24) is 20.5 Å². The quantitative estimate of drug-likeness (QED) is 0.773. The Balaban J connectivity index is 1.95. The molecule has 6 nitrogen and oxygen atoms in total. The number of aromatic amines is 1. The number of sulfone groups is 1. The first-order chi connectivity index (χ1) is 8.09. The van der Waals surface area contributed by atoms with E-state index in [0.717, 1.165) is 24.5 Å². The van der Waals surface area contributed by atoms with E-state index in [1.165, 1.54) is 0 Å². The summed E-state index contributed by atoms with van der Waals surface area (Å²) in [7, 11) is -2.88. The van der Waals surface area contributed by atoms with E-state index in [1.54, 1.807) is 0 Å². The Morgan fingerprint density at radius 2 is 2.29 bits per heavy atom. The summed E-state index contributed by atoms with van der Waals surface area (Å²) >= 11 is 0. The average molecular weight is 258 g/mol. The lowest BCUT2D eigenvalue weighted by Gasteiger charge is -2.22. The highest BCUT2D eigenvalue weighted by atomic mass is 32.2. The smallest absolute Gasteiger partial charge is 0.153 e. The van der Waals surface area contributed by atoms with Crippen molar-refractivity contribution in [3.8, 4) is 0 Å². The molecule has 1 atom stereocenters. The van der Waals surface area contributed by atoms with E-state index >= 15 is 0 Å². The number of nitrogens with one attached hydrogen (secondary N) is 2. The van der Waals surface area contributed by atoms with Gasteiger partial charge in [0.25, 0.3) is 0 Å². The maximum Gasteiger partial charge on any atom is 0.153 e. The average Bonchev–Trinajstić information content (AvgIpc) is 2.64. The molecule has 1 aromatic rings. The van der Waals surface area contributed by atoms with E-state index in [0.29, 0.717) is 13.0 Å². The lowest BCUT2D eigenvalue weighted by atomic mass is 10.2. The van der Waals surface area contributed by atoms with Crippen LogP contribution in [0.15, 0.2) is 0 Å². The highest BCUT2D eigenvalue weighted by Gasteiger charge is 2.25. The molecule has 2 rings (SSSR count). The molecule has 0 amide bonds. The molecule has 96 valence electrons. The summed E-state index contributed by atoms with van der Waals surface area (Å²) in [5.41, 5.74) is 0. The van der Waals surface area contributed by atoms with Crippen LogP contribution in [0.3, 0.4) is 0 Å². The van der Waals surface area contributed by atoms with E-state index in [2.05, 4.69) is 27.4 Å². The van der Waals surface area contributed by atoms with Crippen molar-refractivity contribution in [2.45, 2.75) is 32.2 Å². The molecule has 0 radical (unpaired) electrons. The molecule has 1 aliphatic heterocycles. The Morgan fingerprint density at radius 3 is 3.00 bits per heavy atom. The molecule has 2 heterocycles. The van der Waals surface area contributed by atoms with Gasteiger partial charge < -0.3 is 5.32 Å². The molecule has 1 unspecified atom stereocenters. The van der Waals surface area contributed by atoms with Crippen molar-refractivity contribution >= 4 is 9.84 Å². The normalized spacial score (nSPS) is 23.7. The Bertz CT molecular complexity index is 468. The van der Waals surface area contributed by atoms with Crippen LogP contribution >= 0.6 is 0 Å². The minimum atomic E-state index is -2.88. The lowest BCUT2D eigenvalue weighted by Crippen LogP contribution is -2.46. The second-order valence-electron chi connectivity index (χ2n) is 4.42. The van der Waals surface area contributed by atoms with Crippen LogP contribution in [0, 0.1) is 0 Å². The zero-order valence-corrected chi connectivity index (χ0v) is 10.8. The maximum absolute atomic E-state index is 11.5. The molecular weight excluding hydrogens is 240 g/mol. The molecule has 0 bridgehead atoms. The molecule has 0 aromatic carbocycles. The largest absolute Gasteiger partial charge is 0.312 e. The summed E-state index contributed by atoms with van der Waals surface area (Å²) in [6, 6.07) is -0.0452. The van der Waals surface area contributed by atoms with E-state index in [1.807, 2.05) is 0 Å². The van der Waals surface area contributed by atoms with Gasteiger partial charge in [0.05, 0.1) is 11.5 Å². The van der Waals surface area contributed by atoms with Crippen molar-refractivity contribution in [1.29, 1.82) is 0 Å². The molecule has 2 N–H and O–H groups in total. The number of aryl methyl sites for hydroxylation is 1. The Hall–Kier alpha value is -0.950. The van der Waals surface area contributed by atoms with Crippen LogP contribution in [0.4, 0.5) is 0 Å². The molecular formula is C10H18N4O2S. The van der Waals surface area contributed by atoms with Crippen molar-refractivity contribution in [2.24, 2.45) is 0 Å². The molecule has 0 saturated carbocycles. The van der Waals surface area contributed by atoms with Crippen LogP contribution in [0.1, 0.15) is 25.0 Å². The van der Waals surface area contributed by atoms with Crippen molar-refractivity contribution < 1.29 is 8.42 Å². The Labute approximate surface area is 101 Å². The van der Waals surface area contributed by atoms with Crippen LogP contribution in [0.2, 0.25) is 0 Å². The van der Waals surface area contributed by atoms with Gasteiger partial charge in [-0.05, 0) is 6.42 Å². The predicted octanol–water partition coefficient (Wildman–Crippen LogP) is -0.314. The summed E-state index contributed by atoms with van der Waals surface area (Å²) in [5.74, 6) is 2.00. The van der Waals surface area contributed by atoms with Crippen molar-refractivity contribution in [3.05, 3.63) is 11.6 Å². The van der Waals surface area contributed by atoms with E-state index in [4.69, 9.17) is 0 Å². The summed E-state index contributed by atoms with van der Waals surface area (Å²) in [5, 5.41) is 10.2. The van der Waals surface area contributed by atoms with E-state index in [-0.39, 0.29) is 17.5 Å². The highest BCUT2D eigenvalue weighted by molar-refractivity contribution is 7.91. The second-order valence-corrected chi connectivity index (χ2v) is 6.65. The minimum Gasteiger partial charge on any atom is -0.312 e. The van der Waals surface area contributed by atoms with E-state index < -0.39 is 9.84 Å². The second kappa shape index (κ2) is 5.14. The molecule has 1 aromatic heterocycles. The first kappa shape index (κ1) is 12.5. The molecule has 1 aliphatic rings. The van der Waals surface area contributed by atoms with Gasteiger partial charge in [-0.1, -0.05) is 6.92 Å². The van der Waals surface area contributed by atoms with Gasteiger partial charge in [-0.25, -0.2) is 13.4 Å². The number of hydrogen-bond acceptors (Lipinski definition) is 5. The fourth-order valence-corrected chi connectivity index (χ4v) is 3.44. The van der Waals surface area contributed by atoms with Crippen LogP contribution in [0.25, 0.3) is 0 Å². The number of rotatable bonds is 4. The van der Waals surface area contributed by atoms with Crippen LogP contribution in [-0.2, 0) is 22.7 Å². The summed E-state index contributed by atoms with van der Waals surface area (Å²) in [6.45, 7) is 2.61. The Kier molecular flexibility index (Phi) is 3.78. The van der Waals surface area contributed by atoms with Crippen LogP contribution in [0.5, 0.6) is 0 Å². The third-order valence-electron chi connectivity index (χ3n) is 2.79. The first-order valence-electron chi connectivity index (χ1n) is 5.93. The monoisotopic (exact) mass is 258 g/mol. The third kappa shape index (κ3) is 3.50. The van der Waals surface area contributed by atoms with Crippen molar-refractivity contribution in [3.63, 3.8) is 0 Å². The zero-order valence-electron chi connectivity index (χ0n) is 9.94. The highest BCUT2D eigenvalue weighted by Crippen LogP contribution is 2.06. The van der Waals surface area contributed by atoms with Crippen LogP contribution < -0.4 is 5.32 Å². The topological polar surface area (TPSA) is 87.7 Å². The fourth-order valence-electron chi connectivity index (χ4n) is 1.99. The van der Waals surface area contributed by atoms with Gasteiger partial charge in [0.1, 0.15) is 5.82 Å². The van der Waals surface area contributed by atoms with Gasteiger partial charge >= 0.3 is 0 Å². The number of aromatic nitrogens is 3. The number of H-pyrrole nitrogens is 1. The van der Waals surface area contributed by atoms with Gasteiger partial charge in [-0.3, -0.25) is 5.10 Å². The van der Waals surface area contributed by atoms with E-state index in [9.17, 15) is 8.42 Å². The van der Waals surface area contributed by atoms with Gasteiger partial charge in [0, 0.05) is 25.4 Å². The standard InChI is InChI=1S/C10H18N4O2S/c1-2-3-9-12-10(14-13-9)6-8-7-17(15,16)5-4-11-8/h8,11H,2-7H2,1H3,(H,12,13,14). The summed E-state index contributed by atoms with van der Waals surface area (Å²) in [4.78, 5) is 4.34. The fraction of sp³-hybridized carbons (Fsp3) is 0.800. The number of nitrogens with zero attached hydrogens (tertiary/aromatic N) is 2. The SMILES string of the molecule is CCCc1n[nH]c(CC2CS(=O)(=O)CCN2)n1. The third-order valence-corrected chi connectivity index (χ3v) is 4.53. The molecule has 1 saturated heterocycles. The van der Waals surface area contributed by atoms with Crippen LogP contribution in [-0.4, -0.2) is 47.7 Å². The molecule has 1 fully saturated rings. The lowest BCUT2D eigenvalue weighted by molar-refractivity contribution is 0.509. The maximum atomic E-state index is 11.5. The molecule has 7 heteroatoms.